The molecule has 8 aromatic rings. The molecule has 0 spiro atoms. The van der Waals surface area contributed by atoms with Crippen LogP contribution < -0.4 is 9.47 Å². The van der Waals surface area contributed by atoms with Crippen molar-refractivity contribution in [1.82, 2.24) is 0 Å². The fraction of sp³-hybridized carbons (Fsp3) is 0. The number of hydrogen-bond acceptors (Lipinski definition) is 10. The lowest BCUT2D eigenvalue weighted by molar-refractivity contribution is 0.102. The molecule has 0 aromatic heterocycles. The van der Waals surface area contributed by atoms with E-state index in [9.17, 15) is 36.6 Å². The first kappa shape index (κ1) is 41.0. The monoisotopic (exact) mass is 858 g/mol. The van der Waals surface area contributed by atoms with E-state index in [0.717, 1.165) is 0 Å². The number of aromatic hydroxyl groups is 2. The third-order valence-corrected chi connectivity index (χ3v) is 13.5. The standard InChI is InChI=1S/C50H34O10S2/c51-47-7-3-1-5-45(47)49(53)35-9-17-37(18-10-35)59-39-21-29-43(30-22-39)61(55,56)41-25-13-33(14-26-41)34-15-27-42(28-16-34)62(57,58)44-31-23-40(24-32-44)60-38-19-11-36(12-20-38)50(54)46-6-2-4-8-48(46)52/h1-32,51-52H. The molecule has 0 fully saturated rings. The molecule has 0 bridgehead atoms. The Labute approximate surface area is 357 Å². The van der Waals surface area contributed by atoms with Crippen LogP contribution in [0.25, 0.3) is 11.1 Å². The first-order valence-electron chi connectivity index (χ1n) is 19.0. The highest BCUT2D eigenvalue weighted by Gasteiger charge is 2.21. The molecule has 2 N–H and O–H groups in total. The smallest absolute Gasteiger partial charge is 0.206 e. The Morgan fingerprint density at radius 3 is 0.887 bits per heavy atom. The topological polar surface area (TPSA) is 161 Å². The molecule has 306 valence electrons. The van der Waals surface area contributed by atoms with Gasteiger partial charge in [0.1, 0.15) is 34.5 Å². The van der Waals surface area contributed by atoms with E-state index in [1.165, 1.54) is 84.9 Å². The highest BCUT2D eigenvalue weighted by atomic mass is 32.2. The Bertz CT molecular complexity index is 2930. The summed E-state index contributed by atoms with van der Waals surface area (Å²) in [5.41, 5.74) is 2.48. The van der Waals surface area contributed by atoms with Gasteiger partial charge in [0.15, 0.2) is 11.6 Å². The summed E-state index contributed by atoms with van der Waals surface area (Å²) in [6, 6.07) is 49.8. The fourth-order valence-corrected chi connectivity index (χ4v) is 9.08. The Kier molecular flexibility index (Phi) is 11.3. The number of phenols is 2. The number of ketones is 2. The summed E-state index contributed by atoms with van der Waals surface area (Å²) in [6.45, 7) is 0. The maximum Gasteiger partial charge on any atom is 0.206 e. The van der Waals surface area contributed by atoms with Crippen LogP contribution in [-0.4, -0.2) is 38.6 Å². The Morgan fingerprint density at radius 1 is 0.339 bits per heavy atom. The van der Waals surface area contributed by atoms with E-state index < -0.39 is 19.7 Å². The SMILES string of the molecule is O=C(c1ccc(Oc2ccc(S(=O)(=O)c3ccc(-c4ccc(S(=O)(=O)c5ccc(Oc6ccc(C(=O)c7ccccc7O)cc6)cc5)cc4)cc3)cc2)cc1)c1ccccc1O. The summed E-state index contributed by atoms with van der Waals surface area (Å²) in [5.74, 6) is 0.746. The third kappa shape index (κ3) is 8.59. The predicted molar refractivity (Wildman–Crippen MR) is 232 cm³/mol. The van der Waals surface area contributed by atoms with Gasteiger partial charge in [-0.25, -0.2) is 16.8 Å². The van der Waals surface area contributed by atoms with Crippen molar-refractivity contribution in [3.05, 3.63) is 216 Å². The lowest BCUT2D eigenvalue weighted by atomic mass is 10.0. The highest BCUT2D eigenvalue weighted by Crippen LogP contribution is 2.32. The molecule has 0 amide bonds. The van der Waals surface area contributed by atoms with Crippen LogP contribution in [0.1, 0.15) is 31.8 Å². The van der Waals surface area contributed by atoms with E-state index in [4.69, 9.17) is 9.47 Å². The molecule has 0 saturated heterocycles. The van der Waals surface area contributed by atoms with Gasteiger partial charge in [-0.05, 0) is 157 Å². The Balaban J connectivity index is 0.879. The zero-order valence-corrected chi connectivity index (χ0v) is 34.1. The van der Waals surface area contributed by atoms with Gasteiger partial charge in [0.25, 0.3) is 0 Å². The van der Waals surface area contributed by atoms with E-state index in [1.807, 2.05) is 0 Å². The zero-order valence-electron chi connectivity index (χ0n) is 32.5. The molecule has 0 aliphatic heterocycles. The molecule has 62 heavy (non-hydrogen) atoms. The van der Waals surface area contributed by atoms with Crippen LogP contribution in [0.15, 0.2) is 214 Å². The number of phenolic OH excluding ortho intramolecular Hbond substituents is 2. The van der Waals surface area contributed by atoms with Crippen molar-refractivity contribution in [3.63, 3.8) is 0 Å². The summed E-state index contributed by atoms with van der Waals surface area (Å²) in [7, 11) is -7.78. The summed E-state index contributed by atoms with van der Waals surface area (Å²) >= 11 is 0. The lowest BCUT2D eigenvalue weighted by Crippen LogP contribution is -2.02. The highest BCUT2D eigenvalue weighted by molar-refractivity contribution is 7.91. The van der Waals surface area contributed by atoms with Crippen LogP contribution in [0.3, 0.4) is 0 Å². The van der Waals surface area contributed by atoms with Gasteiger partial charge in [0.2, 0.25) is 19.7 Å². The second-order valence-electron chi connectivity index (χ2n) is 13.9. The van der Waals surface area contributed by atoms with Gasteiger partial charge >= 0.3 is 0 Å². The van der Waals surface area contributed by atoms with Crippen molar-refractivity contribution in [3.8, 4) is 45.6 Å². The van der Waals surface area contributed by atoms with E-state index in [2.05, 4.69) is 0 Å². The van der Waals surface area contributed by atoms with Gasteiger partial charge in [0, 0.05) is 11.1 Å². The summed E-state index contributed by atoms with van der Waals surface area (Å²) < 4.78 is 65.7. The summed E-state index contributed by atoms with van der Waals surface area (Å²) in [4.78, 5) is 25.8. The molecule has 0 atom stereocenters. The van der Waals surface area contributed by atoms with Crippen LogP contribution in [0.5, 0.6) is 34.5 Å². The first-order chi connectivity index (χ1) is 29.9. The number of para-hydroxylation sites is 2. The van der Waals surface area contributed by atoms with E-state index in [0.29, 0.717) is 45.3 Å². The van der Waals surface area contributed by atoms with Crippen molar-refractivity contribution in [2.75, 3.05) is 0 Å². The van der Waals surface area contributed by atoms with Gasteiger partial charge in [-0.2, -0.15) is 0 Å². The van der Waals surface area contributed by atoms with Crippen LogP contribution in [0.4, 0.5) is 0 Å². The first-order valence-corrected chi connectivity index (χ1v) is 22.0. The van der Waals surface area contributed by atoms with Crippen LogP contribution >= 0.6 is 0 Å². The predicted octanol–water partition coefficient (Wildman–Crippen LogP) is 10.5. The average molecular weight is 859 g/mol. The Morgan fingerprint density at radius 2 is 0.597 bits per heavy atom. The fourth-order valence-electron chi connectivity index (χ4n) is 6.56. The number of rotatable bonds is 13. The zero-order chi connectivity index (χ0) is 43.4. The molecule has 12 heteroatoms. The molecule has 0 unspecified atom stereocenters. The molecule has 0 aliphatic rings. The molecule has 0 aliphatic carbocycles. The van der Waals surface area contributed by atoms with Gasteiger partial charge in [-0.15, -0.1) is 0 Å². The van der Waals surface area contributed by atoms with Gasteiger partial charge in [-0.3, -0.25) is 9.59 Å². The maximum absolute atomic E-state index is 13.5. The largest absolute Gasteiger partial charge is 0.507 e. The lowest BCUT2D eigenvalue weighted by Gasteiger charge is -2.10. The van der Waals surface area contributed by atoms with Crippen LogP contribution in [0.2, 0.25) is 0 Å². The molecule has 10 nitrogen and oxygen atoms in total. The maximum atomic E-state index is 13.5. The van der Waals surface area contributed by atoms with Crippen molar-refractivity contribution < 1.29 is 46.1 Å². The second-order valence-corrected chi connectivity index (χ2v) is 17.8. The molecule has 8 aromatic carbocycles. The number of carbonyl (C=O) groups excluding carboxylic acids is 2. The van der Waals surface area contributed by atoms with E-state index in [-0.39, 0.29) is 53.8 Å². The van der Waals surface area contributed by atoms with Gasteiger partial charge in [0.05, 0.1) is 30.7 Å². The van der Waals surface area contributed by atoms with Crippen molar-refractivity contribution in [2.24, 2.45) is 0 Å². The molecular formula is C50H34O10S2. The number of carbonyl (C=O) groups is 2. The number of benzene rings is 8. The van der Waals surface area contributed by atoms with Gasteiger partial charge < -0.3 is 19.7 Å². The van der Waals surface area contributed by atoms with Crippen molar-refractivity contribution in [1.29, 1.82) is 0 Å². The molecule has 8 rings (SSSR count). The third-order valence-electron chi connectivity index (χ3n) is 9.93. The summed E-state index contributed by atoms with van der Waals surface area (Å²) in [6.07, 6.45) is 0. The molecule has 0 saturated carbocycles. The molecule has 0 radical (unpaired) electrons. The normalized spacial score (nSPS) is 11.4. The van der Waals surface area contributed by atoms with Crippen LogP contribution in [0, 0.1) is 0 Å². The minimum atomic E-state index is -3.89. The van der Waals surface area contributed by atoms with E-state index >= 15 is 0 Å². The summed E-state index contributed by atoms with van der Waals surface area (Å²) in [5, 5.41) is 20.0. The van der Waals surface area contributed by atoms with E-state index in [1.54, 1.807) is 109 Å². The number of ether oxygens (including phenoxy) is 2. The van der Waals surface area contributed by atoms with Crippen molar-refractivity contribution in [2.45, 2.75) is 19.6 Å². The number of hydrogen-bond donors (Lipinski definition) is 2. The molecular weight excluding hydrogens is 825 g/mol. The second kappa shape index (κ2) is 17.1. The van der Waals surface area contributed by atoms with Crippen LogP contribution in [-0.2, 0) is 19.7 Å². The quantitative estimate of drug-likeness (QED) is 0.107. The minimum absolute atomic E-state index is 0.0591. The van der Waals surface area contributed by atoms with Crippen molar-refractivity contribution >= 4 is 31.2 Å². The molecule has 0 heterocycles. The average Bonchev–Trinajstić information content (AvgIpc) is 3.30. The number of sulfone groups is 2. The minimum Gasteiger partial charge on any atom is -0.507 e. The Hall–Kier alpha value is -7.80. The van der Waals surface area contributed by atoms with Gasteiger partial charge in [-0.1, -0.05) is 48.5 Å².